The van der Waals surface area contributed by atoms with E-state index in [1.807, 2.05) is 0 Å². The summed E-state index contributed by atoms with van der Waals surface area (Å²) in [6, 6.07) is 3.77. The van der Waals surface area contributed by atoms with Gasteiger partial charge in [0, 0.05) is 7.11 Å². The molecule has 0 fully saturated rings. The zero-order valence-electron chi connectivity index (χ0n) is 10.4. The van der Waals surface area contributed by atoms with Gasteiger partial charge < -0.3 is 20.5 Å². The molecule has 1 amide bonds. The molecule has 0 aliphatic rings. The van der Waals surface area contributed by atoms with Crippen molar-refractivity contribution in [1.29, 1.82) is 0 Å². The molecule has 0 saturated carbocycles. The topological polar surface area (TPSA) is 73.6 Å². The zero-order valence-corrected chi connectivity index (χ0v) is 10.4. The van der Waals surface area contributed by atoms with Crippen LogP contribution in [0.5, 0.6) is 0 Å². The summed E-state index contributed by atoms with van der Waals surface area (Å²) in [5.74, 6) is -0.858. The minimum absolute atomic E-state index is 0.138. The number of methoxy groups -OCH3 is 1. The summed E-state index contributed by atoms with van der Waals surface area (Å²) in [5, 5.41) is 2.48. The monoisotopic (exact) mass is 256 g/mol. The molecular weight excluding hydrogens is 239 g/mol. The summed E-state index contributed by atoms with van der Waals surface area (Å²) in [6.07, 6.45) is -0.189. The SMILES string of the molecule is COCC(C)OCC(=O)Nc1cc(F)ccc1N. The second-order valence-corrected chi connectivity index (χ2v) is 3.86. The Morgan fingerprint density at radius 1 is 1.56 bits per heavy atom. The van der Waals surface area contributed by atoms with Crippen molar-refractivity contribution in [3.05, 3.63) is 24.0 Å². The lowest BCUT2D eigenvalue weighted by Crippen LogP contribution is -2.24. The Kier molecular flexibility index (Phi) is 5.54. The molecule has 0 bridgehead atoms. The van der Waals surface area contributed by atoms with Gasteiger partial charge in [0.15, 0.2) is 0 Å². The molecule has 0 heterocycles. The molecule has 0 radical (unpaired) electrons. The Labute approximate surface area is 105 Å². The van der Waals surface area contributed by atoms with E-state index in [4.69, 9.17) is 15.2 Å². The van der Waals surface area contributed by atoms with E-state index in [0.29, 0.717) is 12.3 Å². The smallest absolute Gasteiger partial charge is 0.250 e. The number of anilines is 2. The van der Waals surface area contributed by atoms with Crippen LogP contribution in [0.15, 0.2) is 18.2 Å². The minimum Gasteiger partial charge on any atom is -0.397 e. The van der Waals surface area contributed by atoms with Crippen LogP contribution in [-0.2, 0) is 14.3 Å². The first-order chi connectivity index (χ1) is 8.52. The Morgan fingerprint density at radius 3 is 2.94 bits per heavy atom. The van der Waals surface area contributed by atoms with E-state index in [-0.39, 0.29) is 18.4 Å². The number of hydrogen-bond acceptors (Lipinski definition) is 4. The molecule has 0 aliphatic carbocycles. The van der Waals surface area contributed by atoms with Crippen LogP contribution >= 0.6 is 0 Å². The fourth-order valence-electron chi connectivity index (χ4n) is 1.32. The van der Waals surface area contributed by atoms with Gasteiger partial charge in [0.1, 0.15) is 12.4 Å². The maximum Gasteiger partial charge on any atom is 0.250 e. The van der Waals surface area contributed by atoms with Crippen LogP contribution in [0.1, 0.15) is 6.92 Å². The molecule has 1 rings (SSSR count). The van der Waals surface area contributed by atoms with Crippen molar-refractivity contribution in [2.24, 2.45) is 0 Å². The molecule has 1 aromatic carbocycles. The van der Waals surface area contributed by atoms with Crippen LogP contribution in [0.25, 0.3) is 0 Å². The lowest BCUT2D eigenvalue weighted by atomic mass is 10.2. The second-order valence-electron chi connectivity index (χ2n) is 3.86. The quantitative estimate of drug-likeness (QED) is 0.754. The summed E-state index contributed by atoms with van der Waals surface area (Å²) < 4.78 is 23.0. The van der Waals surface area contributed by atoms with Gasteiger partial charge in [-0.2, -0.15) is 0 Å². The van der Waals surface area contributed by atoms with E-state index in [1.54, 1.807) is 14.0 Å². The van der Waals surface area contributed by atoms with Crippen molar-refractivity contribution >= 4 is 17.3 Å². The highest BCUT2D eigenvalue weighted by molar-refractivity contribution is 5.94. The maximum atomic E-state index is 13.0. The number of nitrogens with one attached hydrogen (secondary N) is 1. The fraction of sp³-hybridized carbons (Fsp3) is 0.417. The lowest BCUT2D eigenvalue weighted by Gasteiger charge is -2.12. The summed E-state index contributed by atoms with van der Waals surface area (Å²) >= 11 is 0. The highest BCUT2D eigenvalue weighted by atomic mass is 19.1. The lowest BCUT2D eigenvalue weighted by molar-refractivity contribution is -0.123. The molecule has 0 saturated heterocycles. The summed E-state index contributed by atoms with van der Waals surface area (Å²) in [6.45, 7) is 2.04. The van der Waals surface area contributed by atoms with Gasteiger partial charge in [0.05, 0.1) is 24.1 Å². The Hall–Kier alpha value is -1.66. The zero-order chi connectivity index (χ0) is 13.5. The predicted octanol–water partition coefficient (Wildman–Crippen LogP) is 1.40. The van der Waals surface area contributed by atoms with E-state index < -0.39 is 11.7 Å². The average Bonchev–Trinajstić information content (AvgIpc) is 2.32. The van der Waals surface area contributed by atoms with Crippen molar-refractivity contribution in [1.82, 2.24) is 0 Å². The van der Waals surface area contributed by atoms with Gasteiger partial charge in [-0.25, -0.2) is 4.39 Å². The first kappa shape index (κ1) is 14.4. The van der Waals surface area contributed by atoms with E-state index in [0.717, 1.165) is 6.07 Å². The van der Waals surface area contributed by atoms with Crippen LogP contribution in [0.3, 0.4) is 0 Å². The summed E-state index contributed by atoms with van der Waals surface area (Å²) in [4.78, 5) is 11.5. The molecule has 0 aromatic heterocycles. The van der Waals surface area contributed by atoms with Gasteiger partial charge in [-0.05, 0) is 25.1 Å². The first-order valence-corrected chi connectivity index (χ1v) is 5.48. The van der Waals surface area contributed by atoms with Gasteiger partial charge in [0.2, 0.25) is 5.91 Å². The van der Waals surface area contributed by atoms with Crippen LogP contribution in [0.2, 0.25) is 0 Å². The molecule has 18 heavy (non-hydrogen) atoms. The number of amides is 1. The third-order valence-electron chi connectivity index (χ3n) is 2.19. The molecule has 6 heteroatoms. The average molecular weight is 256 g/mol. The maximum absolute atomic E-state index is 13.0. The van der Waals surface area contributed by atoms with E-state index in [2.05, 4.69) is 5.32 Å². The van der Waals surface area contributed by atoms with Gasteiger partial charge in [0.25, 0.3) is 0 Å². The van der Waals surface area contributed by atoms with Crippen molar-refractivity contribution in [3.63, 3.8) is 0 Å². The molecule has 1 aromatic rings. The summed E-state index contributed by atoms with van der Waals surface area (Å²) in [7, 11) is 1.55. The van der Waals surface area contributed by atoms with E-state index in [1.165, 1.54) is 12.1 Å². The third kappa shape index (κ3) is 4.68. The fourth-order valence-corrected chi connectivity index (χ4v) is 1.32. The number of halogens is 1. The molecule has 5 nitrogen and oxygen atoms in total. The minimum atomic E-state index is -0.465. The van der Waals surface area contributed by atoms with Crippen LogP contribution in [-0.4, -0.2) is 32.3 Å². The highest BCUT2D eigenvalue weighted by Crippen LogP contribution is 2.18. The standard InChI is InChI=1S/C12H17FN2O3/c1-8(6-17-2)18-7-12(16)15-11-5-9(13)3-4-10(11)14/h3-5,8H,6-7,14H2,1-2H3,(H,15,16). The molecule has 1 atom stereocenters. The van der Waals surface area contributed by atoms with E-state index in [9.17, 15) is 9.18 Å². The van der Waals surface area contributed by atoms with Crippen molar-refractivity contribution in [3.8, 4) is 0 Å². The highest BCUT2D eigenvalue weighted by Gasteiger charge is 2.09. The normalized spacial score (nSPS) is 12.2. The van der Waals surface area contributed by atoms with Crippen LogP contribution in [0.4, 0.5) is 15.8 Å². The number of carbonyl (C=O) groups is 1. The predicted molar refractivity (Wildman–Crippen MR) is 66.7 cm³/mol. The van der Waals surface area contributed by atoms with Crippen LogP contribution < -0.4 is 11.1 Å². The number of ether oxygens (including phenoxy) is 2. The van der Waals surface area contributed by atoms with E-state index >= 15 is 0 Å². The number of carbonyl (C=O) groups excluding carboxylic acids is 1. The Balaban J connectivity index is 2.47. The van der Waals surface area contributed by atoms with Crippen molar-refractivity contribution in [2.45, 2.75) is 13.0 Å². The number of nitrogens with two attached hydrogens (primary N) is 1. The Morgan fingerprint density at radius 2 is 2.28 bits per heavy atom. The van der Waals surface area contributed by atoms with Crippen LogP contribution in [0, 0.1) is 5.82 Å². The van der Waals surface area contributed by atoms with Crippen molar-refractivity contribution in [2.75, 3.05) is 31.4 Å². The summed E-state index contributed by atoms with van der Waals surface area (Å²) in [5.41, 5.74) is 6.14. The largest absolute Gasteiger partial charge is 0.397 e. The second kappa shape index (κ2) is 6.93. The number of rotatable bonds is 6. The molecule has 100 valence electrons. The molecule has 0 aliphatic heterocycles. The molecule has 3 N–H and O–H groups in total. The van der Waals surface area contributed by atoms with Gasteiger partial charge in [-0.1, -0.05) is 0 Å². The first-order valence-electron chi connectivity index (χ1n) is 5.48. The van der Waals surface area contributed by atoms with Gasteiger partial charge in [-0.3, -0.25) is 4.79 Å². The number of hydrogen-bond donors (Lipinski definition) is 2. The van der Waals surface area contributed by atoms with Gasteiger partial charge >= 0.3 is 0 Å². The van der Waals surface area contributed by atoms with Crippen molar-refractivity contribution < 1.29 is 18.7 Å². The van der Waals surface area contributed by atoms with Gasteiger partial charge in [-0.15, -0.1) is 0 Å². The Bertz CT molecular complexity index is 412. The number of benzene rings is 1. The number of nitrogen functional groups attached to an aromatic ring is 1. The molecular formula is C12H17FN2O3. The third-order valence-corrected chi connectivity index (χ3v) is 2.19. The molecule has 0 spiro atoms. The molecule has 1 unspecified atom stereocenters.